The molecule has 0 bridgehead atoms. The van der Waals surface area contributed by atoms with Crippen LogP contribution in [0.25, 0.3) is 0 Å². The van der Waals surface area contributed by atoms with Crippen LogP contribution in [-0.2, 0) is 0 Å². The van der Waals surface area contributed by atoms with Crippen LogP contribution in [0.15, 0.2) is 16.6 Å². The van der Waals surface area contributed by atoms with E-state index in [1.807, 2.05) is 12.1 Å². The SMILES string of the molecule is CCCNC(CC1CCCCC1)c1ccc(Br)c(Cl)c1F. The van der Waals surface area contributed by atoms with Gasteiger partial charge in [-0.3, -0.25) is 0 Å². The predicted octanol–water partition coefficient (Wildman–Crippen LogP) is 6.25. The van der Waals surface area contributed by atoms with E-state index in [1.54, 1.807) is 0 Å². The maximum atomic E-state index is 14.5. The first-order chi connectivity index (χ1) is 10.1. The van der Waals surface area contributed by atoms with Crippen molar-refractivity contribution >= 4 is 27.5 Å². The van der Waals surface area contributed by atoms with Gasteiger partial charge in [0.2, 0.25) is 0 Å². The highest BCUT2D eigenvalue weighted by molar-refractivity contribution is 9.10. The van der Waals surface area contributed by atoms with Crippen molar-refractivity contribution in [2.75, 3.05) is 6.54 Å². The first-order valence-electron chi connectivity index (χ1n) is 8.00. The van der Waals surface area contributed by atoms with Crippen LogP contribution >= 0.6 is 27.5 Å². The normalized spacial score (nSPS) is 17.9. The third-order valence-corrected chi connectivity index (χ3v) is 5.63. The second-order valence-electron chi connectivity index (χ2n) is 6.01. The van der Waals surface area contributed by atoms with Gasteiger partial charge in [-0.15, -0.1) is 0 Å². The molecular formula is C17H24BrClFN. The molecule has 1 fully saturated rings. The van der Waals surface area contributed by atoms with Gasteiger partial charge < -0.3 is 5.32 Å². The Bertz CT molecular complexity index is 460. The van der Waals surface area contributed by atoms with Crippen molar-refractivity contribution in [3.8, 4) is 0 Å². The molecule has 21 heavy (non-hydrogen) atoms. The molecule has 0 amide bonds. The van der Waals surface area contributed by atoms with E-state index in [-0.39, 0.29) is 16.9 Å². The summed E-state index contributed by atoms with van der Waals surface area (Å²) in [5, 5.41) is 3.70. The molecule has 1 N–H and O–H groups in total. The largest absolute Gasteiger partial charge is 0.310 e. The maximum Gasteiger partial charge on any atom is 0.147 e. The number of benzene rings is 1. The lowest BCUT2D eigenvalue weighted by Crippen LogP contribution is -2.26. The fourth-order valence-electron chi connectivity index (χ4n) is 3.20. The van der Waals surface area contributed by atoms with Gasteiger partial charge in [0, 0.05) is 16.1 Å². The van der Waals surface area contributed by atoms with Gasteiger partial charge in [0.05, 0.1) is 5.02 Å². The maximum absolute atomic E-state index is 14.5. The number of halogens is 3. The highest BCUT2D eigenvalue weighted by Crippen LogP contribution is 2.36. The Morgan fingerprint density at radius 3 is 2.71 bits per heavy atom. The molecule has 0 aliphatic heterocycles. The zero-order valence-corrected chi connectivity index (χ0v) is 14.9. The third-order valence-electron chi connectivity index (χ3n) is 4.37. The standard InChI is InChI=1S/C17H24BrClFN/c1-2-10-21-15(11-12-6-4-3-5-7-12)13-8-9-14(18)16(19)17(13)20/h8-9,12,15,21H,2-7,10-11H2,1H3. The molecule has 0 saturated heterocycles. The molecular weight excluding hydrogens is 353 g/mol. The minimum atomic E-state index is -0.282. The van der Waals surface area contributed by atoms with Gasteiger partial charge in [0.25, 0.3) is 0 Å². The van der Waals surface area contributed by atoms with Crippen molar-refractivity contribution in [2.24, 2.45) is 5.92 Å². The number of hydrogen-bond donors (Lipinski definition) is 1. The van der Waals surface area contributed by atoms with E-state index < -0.39 is 0 Å². The van der Waals surface area contributed by atoms with E-state index in [1.165, 1.54) is 32.1 Å². The number of rotatable bonds is 6. The summed E-state index contributed by atoms with van der Waals surface area (Å²) in [6.45, 7) is 3.04. The second-order valence-corrected chi connectivity index (χ2v) is 7.24. The smallest absolute Gasteiger partial charge is 0.147 e. The molecule has 1 nitrogen and oxygen atoms in total. The zero-order chi connectivity index (χ0) is 15.2. The first kappa shape index (κ1) is 17.2. The lowest BCUT2D eigenvalue weighted by molar-refractivity contribution is 0.297. The van der Waals surface area contributed by atoms with Crippen molar-refractivity contribution in [2.45, 2.75) is 57.9 Å². The van der Waals surface area contributed by atoms with Gasteiger partial charge >= 0.3 is 0 Å². The van der Waals surface area contributed by atoms with Gasteiger partial charge in [0.1, 0.15) is 5.82 Å². The lowest BCUT2D eigenvalue weighted by atomic mass is 9.83. The summed E-state index contributed by atoms with van der Waals surface area (Å²) in [5.74, 6) is 0.422. The zero-order valence-electron chi connectivity index (χ0n) is 12.6. The van der Waals surface area contributed by atoms with Gasteiger partial charge in [-0.2, -0.15) is 0 Å². The summed E-state index contributed by atoms with van der Waals surface area (Å²) in [7, 11) is 0. The molecule has 1 atom stereocenters. The highest BCUT2D eigenvalue weighted by atomic mass is 79.9. The Hall–Kier alpha value is -0.120. The minimum absolute atomic E-state index is 0.0682. The molecule has 2 rings (SSSR count). The van der Waals surface area contributed by atoms with E-state index >= 15 is 0 Å². The Labute approximate surface area is 140 Å². The summed E-state index contributed by atoms with van der Waals surface area (Å²) < 4.78 is 15.1. The van der Waals surface area contributed by atoms with Crippen molar-refractivity contribution in [1.82, 2.24) is 5.32 Å². The summed E-state index contributed by atoms with van der Waals surface area (Å²) >= 11 is 9.34. The van der Waals surface area contributed by atoms with Gasteiger partial charge in [-0.1, -0.05) is 56.7 Å². The second kappa shape index (κ2) is 8.50. The van der Waals surface area contributed by atoms with Crippen LogP contribution in [0.5, 0.6) is 0 Å². The molecule has 1 aliphatic carbocycles. The highest BCUT2D eigenvalue weighted by Gasteiger charge is 2.23. The van der Waals surface area contributed by atoms with E-state index in [0.717, 1.165) is 19.4 Å². The molecule has 0 spiro atoms. The Morgan fingerprint density at radius 2 is 2.05 bits per heavy atom. The fraction of sp³-hybridized carbons (Fsp3) is 0.647. The van der Waals surface area contributed by atoms with E-state index in [9.17, 15) is 4.39 Å². The molecule has 1 aliphatic rings. The summed E-state index contributed by atoms with van der Waals surface area (Å²) in [6, 6.07) is 3.78. The van der Waals surface area contributed by atoms with Crippen molar-refractivity contribution in [3.63, 3.8) is 0 Å². The van der Waals surface area contributed by atoms with Crippen LogP contribution in [0.1, 0.15) is 63.5 Å². The Kier molecular flexibility index (Phi) is 6.97. The molecule has 0 heterocycles. The monoisotopic (exact) mass is 375 g/mol. The van der Waals surface area contributed by atoms with Crippen LogP contribution in [0.3, 0.4) is 0 Å². The molecule has 1 aromatic carbocycles. The van der Waals surface area contributed by atoms with Crippen molar-refractivity contribution in [3.05, 3.63) is 33.0 Å². The summed E-state index contributed by atoms with van der Waals surface area (Å²) in [5.41, 5.74) is 0.710. The molecule has 1 unspecified atom stereocenters. The first-order valence-corrected chi connectivity index (χ1v) is 9.17. The summed E-state index contributed by atoms with van der Waals surface area (Å²) in [4.78, 5) is 0. The predicted molar refractivity (Wildman–Crippen MR) is 91.3 cm³/mol. The third kappa shape index (κ3) is 4.67. The molecule has 1 saturated carbocycles. The molecule has 4 heteroatoms. The quantitative estimate of drug-likeness (QED) is 0.578. The van der Waals surface area contributed by atoms with Gasteiger partial charge in [0.15, 0.2) is 0 Å². The van der Waals surface area contributed by atoms with Crippen LogP contribution in [0, 0.1) is 11.7 Å². The van der Waals surface area contributed by atoms with Crippen LogP contribution < -0.4 is 5.32 Å². The van der Waals surface area contributed by atoms with Crippen LogP contribution in [-0.4, -0.2) is 6.54 Å². The van der Waals surface area contributed by atoms with Gasteiger partial charge in [-0.05, 0) is 47.3 Å². The number of nitrogens with one attached hydrogen (secondary N) is 1. The lowest BCUT2D eigenvalue weighted by Gasteiger charge is -2.28. The van der Waals surface area contributed by atoms with Crippen LogP contribution in [0.2, 0.25) is 5.02 Å². The van der Waals surface area contributed by atoms with Crippen molar-refractivity contribution in [1.29, 1.82) is 0 Å². The molecule has 0 aromatic heterocycles. The van der Waals surface area contributed by atoms with Gasteiger partial charge in [-0.25, -0.2) is 4.39 Å². The van der Waals surface area contributed by atoms with E-state index in [4.69, 9.17) is 11.6 Å². The minimum Gasteiger partial charge on any atom is -0.310 e. The Morgan fingerprint density at radius 1 is 1.33 bits per heavy atom. The topological polar surface area (TPSA) is 12.0 Å². The molecule has 0 radical (unpaired) electrons. The fourth-order valence-corrected chi connectivity index (χ4v) is 3.68. The summed E-state index contributed by atoms with van der Waals surface area (Å²) in [6.07, 6.45) is 8.58. The Balaban J connectivity index is 2.16. The van der Waals surface area contributed by atoms with Crippen LogP contribution in [0.4, 0.5) is 4.39 Å². The van der Waals surface area contributed by atoms with E-state index in [2.05, 4.69) is 28.2 Å². The molecule has 1 aromatic rings. The van der Waals surface area contributed by atoms with E-state index in [0.29, 0.717) is 16.0 Å². The number of hydrogen-bond acceptors (Lipinski definition) is 1. The average Bonchev–Trinajstić information content (AvgIpc) is 2.51. The molecule has 118 valence electrons. The average molecular weight is 377 g/mol. The van der Waals surface area contributed by atoms with Crippen molar-refractivity contribution < 1.29 is 4.39 Å².